The molecular formula is C28H26N4O3. The molecule has 35 heavy (non-hydrogen) atoms. The molecule has 4 rings (SSSR count). The Kier molecular flexibility index (Phi) is 6.56. The van der Waals surface area contributed by atoms with Gasteiger partial charge in [0.25, 0.3) is 17.7 Å². The summed E-state index contributed by atoms with van der Waals surface area (Å²) in [7, 11) is 0. The maximum absolute atomic E-state index is 12.9. The van der Waals surface area contributed by atoms with E-state index in [1.165, 1.54) is 0 Å². The number of carbonyl (C=O) groups is 3. The Hall–Kier alpha value is -4.57. The van der Waals surface area contributed by atoms with Crippen LogP contribution in [0.1, 0.15) is 61.8 Å². The molecule has 2 aromatic carbocycles. The summed E-state index contributed by atoms with van der Waals surface area (Å²) in [6.07, 6.45) is 6.94. The molecule has 0 saturated carbocycles. The first-order valence-corrected chi connectivity index (χ1v) is 11.2. The zero-order chi connectivity index (χ0) is 25.1. The van der Waals surface area contributed by atoms with E-state index in [9.17, 15) is 14.4 Å². The number of hydrogen-bond acceptors (Lipinski definition) is 3. The van der Waals surface area contributed by atoms with Crippen molar-refractivity contribution < 1.29 is 14.4 Å². The van der Waals surface area contributed by atoms with Crippen LogP contribution in [0.3, 0.4) is 0 Å². The van der Waals surface area contributed by atoms with Crippen LogP contribution in [0.25, 0.3) is 11.6 Å². The lowest BCUT2D eigenvalue weighted by molar-refractivity contribution is -0.110. The summed E-state index contributed by atoms with van der Waals surface area (Å²) in [5, 5.41) is 8.51. The molecule has 0 bridgehead atoms. The summed E-state index contributed by atoms with van der Waals surface area (Å²) in [5.41, 5.74) is 5.61. The summed E-state index contributed by atoms with van der Waals surface area (Å²) in [6.45, 7) is 5.65. The normalized spacial score (nSPS) is 14.1. The lowest BCUT2D eigenvalue weighted by Gasteiger charge is -2.14. The number of hydrogen-bond donors (Lipinski definition) is 4. The molecule has 7 nitrogen and oxygen atoms in total. The van der Waals surface area contributed by atoms with Crippen molar-refractivity contribution in [2.24, 2.45) is 0 Å². The van der Waals surface area contributed by atoms with E-state index < -0.39 is 0 Å². The van der Waals surface area contributed by atoms with Gasteiger partial charge in [-0.2, -0.15) is 0 Å². The standard InChI is InChI=1S/C28H26N4O3/c1-5-13-29-28(35)25-16(2)24(30-18(25)4)15-22-21-14-20(11-12-23(21)32-27(22)34)26(33)31-17(3)19-9-7-6-8-10-19/h1,6-12,14-15,17,30H,13H2,2-4H3,(H,29,35)(H,31,33)(H,32,34)/b22-15-/t17-/m1/s1. The van der Waals surface area contributed by atoms with Gasteiger partial charge in [0.1, 0.15) is 0 Å². The number of carbonyl (C=O) groups excluding carboxylic acids is 3. The van der Waals surface area contributed by atoms with Crippen LogP contribution in [-0.4, -0.2) is 29.3 Å². The van der Waals surface area contributed by atoms with Gasteiger partial charge in [0.05, 0.1) is 23.7 Å². The van der Waals surface area contributed by atoms with E-state index in [-0.39, 0.29) is 30.3 Å². The molecule has 0 spiro atoms. The lowest BCUT2D eigenvalue weighted by Crippen LogP contribution is -2.26. The third-order valence-corrected chi connectivity index (χ3v) is 6.05. The van der Waals surface area contributed by atoms with Crippen LogP contribution >= 0.6 is 0 Å². The van der Waals surface area contributed by atoms with Gasteiger partial charge in [0, 0.05) is 28.2 Å². The maximum atomic E-state index is 12.9. The Balaban J connectivity index is 1.63. The van der Waals surface area contributed by atoms with E-state index in [4.69, 9.17) is 6.42 Å². The fraction of sp³-hybridized carbons (Fsp3) is 0.179. The first-order chi connectivity index (χ1) is 16.8. The molecule has 176 valence electrons. The third kappa shape index (κ3) is 4.73. The SMILES string of the molecule is C#CCNC(=O)c1c(C)[nH]c(/C=C2\C(=O)Nc3ccc(C(=O)N[C@H](C)c4ccccc4)cc32)c1C. The minimum absolute atomic E-state index is 0.128. The van der Waals surface area contributed by atoms with Gasteiger partial charge in [-0.1, -0.05) is 36.3 Å². The average Bonchev–Trinajstić information content (AvgIpc) is 3.32. The topological polar surface area (TPSA) is 103 Å². The van der Waals surface area contributed by atoms with Crippen LogP contribution in [0.5, 0.6) is 0 Å². The van der Waals surface area contributed by atoms with Crippen molar-refractivity contribution in [2.75, 3.05) is 11.9 Å². The molecule has 1 aromatic heterocycles. The molecule has 0 saturated heterocycles. The van der Waals surface area contributed by atoms with Crippen LogP contribution in [0.4, 0.5) is 5.69 Å². The van der Waals surface area contributed by atoms with Crippen LogP contribution in [0, 0.1) is 26.2 Å². The first-order valence-electron chi connectivity index (χ1n) is 11.2. The Morgan fingerprint density at radius 3 is 2.57 bits per heavy atom. The summed E-state index contributed by atoms with van der Waals surface area (Å²) in [6, 6.07) is 14.6. The fourth-order valence-electron chi connectivity index (χ4n) is 4.20. The molecule has 0 aliphatic carbocycles. The molecule has 7 heteroatoms. The minimum atomic E-state index is -0.278. The predicted octanol–water partition coefficient (Wildman–Crippen LogP) is 3.98. The van der Waals surface area contributed by atoms with E-state index in [1.54, 1.807) is 31.2 Å². The summed E-state index contributed by atoms with van der Waals surface area (Å²) >= 11 is 0. The van der Waals surface area contributed by atoms with Crippen molar-refractivity contribution in [3.05, 3.63) is 87.7 Å². The van der Waals surface area contributed by atoms with Crippen molar-refractivity contribution in [3.63, 3.8) is 0 Å². The molecule has 1 atom stereocenters. The molecule has 0 fully saturated rings. The molecule has 2 heterocycles. The van der Waals surface area contributed by atoms with Crippen molar-refractivity contribution in [2.45, 2.75) is 26.8 Å². The van der Waals surface area contributed by atoms with E-state index >= 15 is 0 Å². The van der Waals surface area contributed by atoms with E-state index in [0.717, 1.165) is 5.56 Å². The van der Waals surface area contributed by atoms with Gasteiger partial charge >= 0.3 is 0 Å². The number of benzene rings is 2. The van der Waals surface area contributed by atoms with Crippen molar-refractivity contribution in [1.29, 1.82) is 0 Å². The second-order valence-corrected chi connectivity index (χ2v) is 8.43. The highest BCUT2D eigenvalue weighted by Gasteiger charge is 2.27. The number of H-pyrrole nitrogens is 1. The number of aryl methyl sites for hydroxylation is 1. The van der Waals surface area contributed by atoms with Gasteiger partial charge in [-0.3, -0.25) is 14.4 Å². The lowest BCUT2D eigenvalue weighted by atomic mass is 10.0. The summed E-state index contributed by atoms with van der Waals surface area (Å²) in [5.74, 6) is 1.60. The first kappa shape index (κ1) is 23.6. The number of aromatic nitrogens is 1. The second-order valence-electron chi connectivity index (χ2n) is 8.43. The Bertz CT molecular complexity index is 1390. The number of rotatable bonds is 6. The summed E-state index contributed by atoms with van der Waals surface area (Å²) in [4.78, 5) is 41.4. The van der Waals surface area contributed by atoms with Crippen molar-refractivity contribution in [1.82, 2.24) is 15.6 Å². The number of amides is 3. The molecule has 1 aliphatic rings. The molecular weight excluding hydrogens is 440 g/mol. The quantitative estimate of drug-likeness (QED) is 0.326. The number of fused-ring (bicyclic) bond motifs is 1. The highest BCUT2D eigenvalue weighted by Crippen LogP contribution is 2.35. The summed E-state index contributed by atoms with van der Waals surface area (Å²) < 4.78 is 0. The van der Waals surface area contributed by atoms with Gasteiger partial charge in [0.2, 0.25) is 0 Å². The van der Waals surface area contributed by atoms with Crippen LogP contribution < -0.4 is 16.0 Å². The number of anilines is 1. The largest absolute Gasteiger partial charge is 0.358 e. The monoisotopic (exact) mass is 466 g/mol. The van der Waals surface area contributed by atoms with E-state index in [1.807, 2.05) is 44.2 Å². The van der Waals surface area contributed by atoms with Crippen molar-refractivity contribution in [3.8, 4) is 12.3 Å². The zero-order valence-corrected chi connectivity index (χ0v) is 19.8. The van der Waals surface area contributed by atoms with Crippen LogP contribution in [-0.2, 0) is 4.79 Å². The van der Waals surface area contributed by atoms with Gasteiger partial charge in [-0.05, 0) is 56.2 Å². The Morgan fingerprint density at radius 2 is 1.86 bits per heavy atom. The number of aromatic amines is 1. The molecule has 0 unspecified atom stereocenters. The van der Waals surface area contributed by atoms with Crippen LogP contribution in [0.2, 0.25) is 0 Å². The molecule has 3 aromatic rings. The second kappa shape index (κ2) is 9.74. The zero-order valence-electron chi connectivity index (χ0n) is 19.8. The van der Waals surface area contributed by atoms with Gasteiger partial charge in [0.15, 0.2) is 0 Å². The van der Waals surface area contributed by atoms with E-state index in [0.29, 0.717) is 44.9 Å². The smallest absolute Gasteiger partial charge is 0.256 e. The number of nitrogens with one attached hydrogen (secondary N) is 4. The van der Waals surface area contributed by atoms with Crippen molar-refractivity contribution >= 4 is 35.1 Å². The molecule has 3 amide bonds. The molecule has 4 N–H and O–H groups in total. The molecule has 0 radical (unpaired) electrons. The van der Waals surface area contributed by atoms with E-state index in [2.05, 4.69) is 26.9 Å². The Morgan fingerprint density at radius 1 is 1.11 bits per heavy atom. The minimum Gasteiger partial charge on any atom is -0.358 e. The maximum Gasteiger partial charge on any atom is 0.256 e. The van der Waals surface area contributed by atoms with Gasteiger partial charge < -0.3 is 20.9 Å². The Labute approximate surface area is 204 Å². The van der Waals surface area contributed by atoms with Gasteiger partial charge in [-0.25, -0.2) is 0 Å². The highest BCUT2D eigenvalue weighted by atomic mass is 16.2. The fourth-order valence-corrected chi connectivity index (χ4v) is 4.20. The highest BCUT2D eigenvalue weighted by molar-refractivity contribution is 6.35. The number of terminal acetylenes is 1. The third-order valence-electron chi connectivity index (χ3n) is 6.05. The average molecular weight is 467 g/mol. The predicted molar refractivity (Wildman–Crippen MR) is 137 cm³/mol. The van der Waals surface area contributed by atoms with Gasteiger partial charge in [-0.15, -0.1) is 6.42 Å². The van der Waals surface area contributed by atoms with Crippen LogP contribution in [0.15, 0.2) is 48.5 Å². The molecule has 1 aliphatic heterocycles.